The Morgan fingerprint density at radius 1 is 1.25 bits per heavy atom. The maximum atomic E-state index is 12.8. The molecule has 2 aromatic rings. The van der Waals surface area contributed by atoms with Gasteiger partial charge in [-0.15, -0.1) is 0 Å². The maximum Gasteiger partial charge on any atom is 0.254 e. The van der Waals surface area contributed by atoms with Crippen LogP contribution in [-0.4, -0.2) is 47.3 Å². The molecule has 0 saturated carbocycles. The van der Waals surface area contributed by atoms with E-state index >= 15 is 0 Å². The average molecular weight is 327 g/mol. The first-order valence-electron chi connectivity index (χ1n) is 7.81. The van der Waals surface area contributed by atoms with E-state index in [1.165, 1.54) is 0 Å². The molecular formula is C17H17N3O4. The summed E-state index contributed by atoms with van der Waals surface area (Å²) in [6, 6.07) is 7.08. The third-order valence-electron chi connectivity index (χ3n) is 4.10. The monoisotopic (exact) mass is 327 g/mol. The zero-order valence-electron chi connectivity index (χ0n) is 13.3. The minimum absolute atomic E-state index is 0.0487. The highest BCUT2D eigenvalue weighted by atomic mass is 16.7. The van der Waals surface area contributed by atoms with Crippen molar-refractivity contribution in [2.45, 2.75) is 13.0 Å². The molecule has 1 fully saturated rings. The number of hydrogen-bond acceptors (Lipinski definition) is 6. The predicted molar refractivity (Wildman–Crippen MR) is 83.9 cm³/mol. The maximum absolute atomic E-state index is 12.8. The molecule has 124 valence electrons. The molecule has 1 aromatic carbocycles. The number of carbonyl (C=O) groups is 1. The summed E-state index contributed by atoms with van der Waals surface area (Å²) in [7, 11) is 0. The van der Waals surface area contributed by atoms with Gasteiger partial charge in [0.25, 0.3) is 5.91 Å². The van der Waals surface area contributed by atoms with Crippen LogP contribution in [0.25, 0.3) is 0 Å². The molecule has 1 unspecified atom stereocenters. The van der Waals surface area contributed by atoms with Crippen LogP contribution in [0.2, 0.25) is 0 Å². The molecule has 1 atom stereocenters. The van der Waals surface area contributed by atoms with Gasteiger partial charge in [-0.2, -0.15) is 0 Å². The summed E-state index contributed by atoms with van der Waals surface area (Å²) in [5.41, 5.74) is 1.38. The van der Waals surface area contributed by atoms with Gasteiger partial charge in [-0.25, -0.2) is 9.97 Å². The van der Waals surface area contributed by atoms with Gasteiger partial charge in [0.05, 0.1) is 18.8 Å². The van der Waals surface area contributed by atoms with Crippen LogP contribution < -0.4 is 9.47 Å². The molecule has 7 nitrogen and oxygen atoms in total. The van der Waals surface area contributed by atoms with Crippen LogP contribution in [0, 0.1) is 6.92 Å². The Hall–Kier alpha value is -2.67. The van der Waals surface area contributed by atoms with E-state index in [4.69, 9.17) is 14.2 Å². The van der Waals surface area contributed by atoms with Gasteiger partial charge in [-0.1, -0.05) is 0 Å². The average Bonchev–Trinajstić information content (AvgIpc) is 3.09. The van der Waals surface area contributed by atoms with E-state index in [1.807, 2.05) is 13.0 Å². The van der Waals surface area contributed by atoms with E-state index in [2.05, 4.69) is 9.97 Å². The Morgan fingerprint density at radius 3 is 3.00 bits per heavy atom. The molecule has 1 amide bonds. The van der Waals surface area contributed by atoms with Crippen molar-refractivity contribution in [2.24, 2.45) is 0 Å². The standard InChI is InChI=1S/C17H17N3O4/c1-11-18-5-4-13(19-11)16-9-20(6-7-22-16)17(21)12-2-3-14-15(8-12)24-10-23-14/h2-5,8,16H,6-7,9-10H2,1H3. The smallest absolute Gasteiger partial charge is 0.254 e. The lowest BCUT2D eigenvalue weighted by molar-refractivity contribution is -0.0248. The molecule has 0 bridgehead atoms. The second-order valence-corrected chi connectivity index (χ2v) is 5.71. The van der Waals surface area contributed by atoms with Gasteiger partial charge in [-0.05, 0) is 31.2 Å². The Balaban J connectivity index is 1.52. The molecule has 2 aliphatic heterocycles. The fourth-order valence-corrected chi connectivity index (χ4v) is 2.88. The van der Waals surface area contributed by atoms with Gasteiger partial charge < -0.3 is 19.1 Å². The topological polar surface area (TPSA) is 73.8 Å². The molecule has 1 aromatic heterocycles. The van der Waals surface area contributed by atoms with Crippen molar-refractivity contribution in [3.8, 4) is 11.5 Å². The Labute approximate surface area is 139 Å². The lowest BCUT2D eigenvalue weighted by atomic mass is 10.1. The number of amides is 1. The van der Waals surface area contributed by atoms with Crippen LogP contribution in [0.5, 0.6) is 11.5 Å². The van der Waals surface area contributed by atoms with Crippen LogP contribution in [0.3, 0.4) is 0 Å². The van der Waals surface area contributed by atoms with E-state index in [1.54, 1.807) is 29.3 Å². The molecule has 0 spiro atoms. The number of hydrogen-bond donors (Lipinski definition) is 0. The van der Waals surface area contributed by atoms with E-state index in [9.17, 15) is 4.79 Å². The molecule has 1 saturated heterocycles. The van der Waals surface area contributed by atoms with Crippen LogP contribution in [0.15, 0.2) is 30.5 Å². The summed E-state index contributed by atoms with van der Waals surface area (Å²) in [6.45, 7) is 3.52. The second kappa shape index (κ2) is 6.09. The van der Waals surface area contributed by atoms with Crippen LogP contribution in [0.4, 0.5) is 0 Å². The van der Waals surface area contributed by atoms with E-state index < -0.39 is 0 Å². The molecule has 0 N–H and O–H groups in total. The number of benzene rings is 1. The van der Waals surface area contributed by atoms with Gasteiger partial charge >= 0.3 is 0 Å². The molecule has 0 radical (unpaired) electrons. The van der Waals surface area contributed by atoms with Crippen LogP contribution in [0.1, 0.15) is 28.0 Å². The van der Waals surface area contributed by atoms with E-state index in [0.29, 0.717) is 42.6 Å². The number of nitrogens with zero attached hydrogens (tertiary/aromatic N) is 3. The van der Waals surface area contributed by atoms with Gasteiger partial charge in [-0.3, -0.25) is 4.79 Å². The number of ether oxygens (including phenoxy) is 3. The Bertz CT molecular complexity index is 780. The number of rotatable bonds is 2. The van der Waals surface area contributed by atoms with Crippen molar-refractivity contribution in [3.05, 3.63) is 47.5 Å². The highest BCUT2D eigenvalue weighted by Crippen LogP contribution is 2.33. The summed E-state index contributed by atoms with van der Waals surface area (Å²) in [5, 5.41) is 0. The number of carbonyl (C=O) groups excluding carboxylic acids is 1. The van der Waals surface area contributed by atoms with Gasteiger partial charge in [0.1, 0.15) is 11.9 Å². The summed E-state index contributed by atoms with van der Waals surface area (Å²) in [5.74, 6) is 1.92. The molecule has 2 aliphatic rings. The van der Waals surface area contributed by atoms with E-state index in [-0.39, 0.29) is 18.8 Å². The van der Waals surface area contributed by atoms with Crippen LogP contribution >= 0.6 is 0 Å². The van der Waals surface area contributed by atoms with Gasteiger partial charge in [0.15, 0.2) is 11.5 Å². The van der Waals surface area contributed by atoms with E-state index in [0.717, 1.165) is 5.69 Å². The highest BCUT2D eigenvalue weighted by molar-refractivity contribution is 5.95. The summed E-state index contributed by atoms with van der Waals surface area (Å²) >= 11 is 0. The zero-order valence-corrected chi connectivity index (χ0v) is 13.3. The van der Waals surface area contributed by atoms with Crippen molar-refractivity contribution >= 4 is 5.91 Å². The summed E-state index contributed by atoms with van der Waals surface area (Å²) in [4.78, 5) is 23.1. The van der Waals surface area contributed by atoms with Crippen molar-refractivity contribution in [3.63, 3.8) is 0 Å². The number of aromatic nitrogens is 2. The Morgan fingerprint density at radius 2 is 2.12 bits per heavy atom. The number of fused-ring (bicyclic) bond motifs is 1. The molecular weight excluding hydrogens is 310 g/mol. The summed E-state index contributed by atoms with van der Waals surface area (Å²) in [6.07, 6.45) is 1.47. The van der Waals surface area contributed by atoms with Gasteiger partial charge in [0.2, 0.25) is 6.79 Å². The van der Waals surface area contributed by atoms with Crippen LogP contribution in [-0.2, 0) is 4.74 Å². The molecule has 7 heteroatoms. The lowest BCUT2D eigenvalue weighted by Gasteiger charge is -2.32. The van der Waals surface area contributed by atoms with Gasteiger partial charge in [0, 0.05) is 18.3 Å². The normalized spacial score (nSPS) is 19.4. The molecule has 24 heavy (non-hydrogen) atoms. The predicted octanol–water partition coefficient (Wildman–Crippen LogP) is 1.73. The number of aryl methyl sites for hydroxylation is 1. The quantitative estimate of drug-likeness (QED) is 0.836. The highest BCUT2D eigenvalue weighted by Gasteiger charge is 2.28. The van der Waals surface area contributed by atoms with Crippen molar-refractivity contribution in [1.82, 2.24) is 14.9 Å². The van der Waals surface area contributed by atoms with Crippen molar-refractivity contribution in [1.29, 1.82) is 0 Å². The lowest BCUT2D eigenvalue weighted by Crippen LogP contribution is -2.42. The first-order valence-corrected chi connectivity index (χ1v) is 7.81. The fourth-order valence-electron chi connectivity index (χ4n) is 2.88. The first kappa shape index (κ1) is 14.9. The Kier molecular flexibility index (Phi) is 3.78. The minimum atomic E-state index is -0.238. The largest absolute Gasteiger partial charge is 0.454 e. The number of morpholine rings is 1. The van der Waals surface area contributed by atoms with Crippen molar-refractivity contribution in [2.75, 3.05) is 26.5 Å². The third kappa shape index (κ3) is 2.78. The third-order valence-corrected chi connectivity index (χ3v) is 4.10. The molecule has 0 aliphatic carbocycles. The zero-order chi connectivity index (χ0) is 16.5. The van der Waals surface area contributed by atoms with Crippen molar-refractivity contribution < 1.29 is 19.0 Å². The fraction of sp³-hybridized carbons (Fsp3) is 0.353. The first-order chi connectivity index (χ1) is 11.7. The second-order valence-electron chi connectivity index (χ2n) is 5.71. The molecule has 4 rings (SSSR count). The summed E-state index contributed by atoms with van der Waals surface area (Å²) < 4.78 is 16.4. The SMILES string of the molecule is Cc1nccc(C2CN(C(=O)c3ccc4c(c3)OCO4)CCO2)n1. The minimum Gasteiger partial charge on any atom is -0.454 e. The molecule has 3 heterocycles.